The van der Waals surface area contributed by atoms with E-state index < -0.39 is 83.9 Å². The van der Waals surface area contributed by atoms with Crippen LogP contribution in [0.2, 0.25) is 0 Å². The summed E-state index contributed by atoms with van der Waals surface area (Å²) in [6.07, 6.45) is 5.29. The van der Waals surface area contributed by atoms with Gasteiger partial charge < -0.3 is 58.7 Å². The summed E-state index contributed by atoms with van der Waals surface area (Å²) in [6, 6.07) is 0. The average Bonchev–Trinajstić information content (AvgIpc) is 0.769. The molecule has 626 valence electrons. The highest BCUT2D eigenvalue weighted by molar-refractivity contribution is 5.91. The molecular weight excluding hydrogens is 1370 g/mol. The Balaban J connectivity index is 0.000000482. The molecule has 0 aliphatic carbocycles. The largest absolute Gasteiger partial charge is 0.469 e. The van der Waals surface area contributed by atoms with Gasteiger partial charge in [0.15, 0.2) is 0 Å². The van der Waals surface area contributed by atoms with Gasteiger partial charge in [0.2, 0.25) is 0 Å². The van der Waals surface area contributed by atoms with E-state index in [4.69, 9.17) is 33.2 Å². The molecule has 0 aromatic carbocycles. The molecule has 6 rings (SSSR count). The lowest BCUT2D eigenvalue weighted by atomic mass is 9.78. The zero-order valence-corrected chi connectivity index (χ0v) is 73.5. The standard InChI is InChI=1S/C39H69N3O7.C36H63N3O7.C10H20O2.CH4/c1-25(43)17-29(32(45)48-27-21-36(6,7)41(15)37(8,9)22-27)30(33(46)49-28-23-38(10,11)42(16)39(12,13)24-28)18-31(44)47-26-19-34(2,3)40(14)35(4,5)20-26;1-22(40)14-26(29(42)45-24-18-33(6,7)38-34(8,9)19-24)27(30(43)46-25-20-35(10,11)39-36(12,13)21-25)15-28(41)44-23-16-31(2,3)37-32(4,5)17-23;1-6-10(4,7-8(2)3)9(11)12-5;/h26-30H,17-24H2,1-16H3;23-27,37-39H,14-21H2,1-13H3;8H,6-7H2,1-5H3;1H4. The van der Waals surface area contributed by atoms with Crippen molar-refractivity contribution in [3.8, 4) is 0 Å². The molecule has 108 heavy (non-hydrogen) atoms. The Morgan fingerprint density at radius 3 is 0.750 bits per heavy atom. The Bertz CT molecular complexity index is 3000. The maximum absolute atomic E-state index is 14.3. The second-order valence-electron chi connectivity index (χ2n) is 41.8. The number of methoxy groups -OCH3 is 1. The number of hydrogen-bond donors (Lipinski definition) is 3. The van der Waals surface area contributed by atoms with Crippen LogP contribution in [0.25, 0.3) is 0 Å². The molecule has 3 N–H and O–H groups in total. The number of piperidine rings is 6. The van der Waals surface area contributed by atoms with Crippen molar-refractivity contribution in [3.63, 3.8) is 0 Å². The van der Waals surface area contributed by atoms with Crippen molar-refractivity contribution in [1.82, 2.24) is 30.7 Å². The molecule has 0 spiro atoms. The van der Waals surface area contributed by atoms with Crippen LogP contribution in [0, 0.1) is 35.0 Å². The van der Waals surface area contributed by atoms with Gasteiger partial charge in [-0.2, -0.15) is 0 Å². The second kappa shape index (κ2) is 36.3. The molecule has 0 saturated carbocycles. The fourth-order valence-corrected chi connectivity index (χ4v) is 19.6. The smallest absolute Gasteiger partial charge is 0.311 e. The normalized spacial score (nSPS) is 25.4. The lowest BCUT2D eigenvalue weighted by molar-refractivity contribution is -0.180. The van der Waals surface area contributed by atoms with E-state index in [1.807, 2.05) is 13.8 Å². The number of ketones is 2. The number of ether oxygens (including phenoxy) is 7. The van der Waals surface area contributed by atoms with E-state index >= 15 is 0 Å². The van der Waals surface area contributed by atoms with Crippen LogP contribution < -0.4 is 16.0 Å². The highest BCUT2D eigenvalue weighted by Gasteiger charge is 2.52. The number of hydrogen-bond acceptors (Lipinski definition) is 22. The number of carbonyl (C=O) groups is 9. The van der Waals surface area contributed by atoms with E-state index in [1.165, 1.54) is 21.0 Å². The summed E-state index contributed by atoms with van der Waals surface area (Å²) in [7, 11) is 7.69. The third-order valence-electron chi connectivity index (χ3n) is 24.3. The number of nitrogens with zero attached hydrogens (tertiary/aromatic N) is 3. The molecule has 0 bridgehead atoms. The molecule has 6 aliphatic rings. The predicted molar refractivity (Wildman–Crippen MR) is 427 cm³/mol. The first kappa shape index (κ1) is 97.6. The zero-order chi connectivity index (χ0) is 82.6. The molecule has 6 heterocycles. The molecule has 22 nitrogen and oxygen atoms in total. The quantitative estimate of drug-likeness (QED) is 0.0599. The summed E-state index contributed by atoms with van der Waals surface area (Å²) < 4.78 is 41.5. The third kappa shape index (κ3) is 28.5. The van der Waals surface area contributed by atoms with Gasteiger partial charge in [0.1, 0.15) is 48.2 Å². The summed E-state index contributed by atoms with van der Waals surface area (Å²) in [6.45, 7) is 61.2. The summed E-state index contributed by atoms with van der Waals surface area (Å²) in [5, 5.41) is 10.8. The molecular formula is C86H156N6O16. The first-order chi connectivity index (χ1) is 48.1. The minimum atomic E-state index is -1.23. The molecule has 0 aromatic rings. The van der Waals surface area contributed by atoms with Gasteiger partial charge in [-0.25, -0.2) is 0 Å². The summed E-state index contributed by atoms with van der Waals surface area (Å²) in [5.74, 6) is -8.68. The molecule has 5 unspecified atom stereocenters. The first-order valence-corrected chi connectivity index (χ1v) is 40.0. The van der Waals surface area contributed by atoms with Crippen LogP contribution in [-0.2, 0) is 76.3 Å². The number of Topliss-reactive ketones (excluding diaryl/α,β-unsaturated/α-hetero) is 2. The SMILES string of the molecule is C.CC(=O)CC(C(=O)OC1CC(C)(C)N(C)C(C)(C)C1)C(CC(=O)OC1CC(C)(C)N(C)C(C)(C)C1)C(=O)OC1CC(C)(C)N(C)C(C)(C)C1.CC(=O)CC(C(=O)OC1CC(C)(C)NC(C)(C)C1)C(CC(=O)OC1CC(C)(C)NC(C)(C)C1)C(=O)OC1CC(C)(C)NC(C)(C)C1.CCC(C)(CC(C)C)C(=O)OC. The zero-order valence-electron chi connectivity index (χ0n) is 73.5. The topological polar surface area (TPSA) is 264 Å². The number of carbonyl (C=O) groups excluding carboxylic acids is 9. The van der Waals surface area contributed by atoms with Gasteiger partial charge in [-0.3, -0.25) is 48.3 Å². The van der Waals surface area contributed by atoms with Gasteiger partial charge in [-0.1, -0.05) is 28.2 Å². The molecule has 5 atom stereocenters. The van der Waals surface area contributed by atoms with Crippen LogP contribution >= 0.6 is 0 Å². The molecule has 6 aliphatic heterocycles. The minimum absolute atomic E-state index is 0. The average molecular weight is 1530 g/mol. The number of nitrogens with one attached hydrogen (secondary N) is 3. The molecule has 6 saturated heterocycles. The van der Waals surface area contributed by atoms with E-state index in [1.54, 1.807) is 0 Å². The van der Waals surface area contributed by atoms with E-state index in [9.17, 15) is 43.2 Å². The molecule has 0 amide bonds. The third-order valence-corrected chi connectivity index (χ3v) is 24.3. The van der Waals surface area contributed by atoms with Gasteiger partial charge in [0.05, 0.1) is 49.0 Å². The van der Waals surface area contributed by atoms with E-state index in [0.717, 1.165) is 12.8 Å². The Hall–Kier alpha value is -4.61. The van der Waals surface area contributed by atoms with E-state index in [-0.39, 0.29) is 135 Å². The van der Waals surface area contributed by atoms with Crippen molar-refractivity contribution in [1.29, 1.82) is 0 Å². The van der Waals surface area contributed by atoms with Crippen LogP contribution in [0.5, 0.6) is 0 Å². The van der Waals surface area contributed by atoms with Crippen molar-refractivity contribution in [2.45, 2.75) is 434 Å². The highest BCUT2D eigenvalue weighted by atomic mass is 16.6. The number of rotatable bonds is 24. The van der Waals surface area contributed by atoms with Crippen LogP contribution in [0.1, 0.15) is 331 Å². The highest BCUT2D eigenvalue weighted by Crippen LogP contribution is 2.44. The molecule has 0 radical (unpaired) electrons. The maximum atomic E-state index is 14.3. The number of likely N-dealkylation sites (tertiary alicyclic amines) is 3. The Labute approximate surface area is 654 Å². The van der Waals surface area contributed by atoms with Gasteiger partial charge >= 0.3 is 41.8 Å². The molecule has 6 fully saturated rings. The van der Waals surface area contributed by atoms with Crippen molar-refractivity contribution in [2.24, 2.45) is 35.0 Å². The summed E-state index contributed by atoms with van der Waals surface area (Å²) in [5.41, 5.74) is -3.35. The van der Waals surface area contributed by atoms with Crippen molar-refractivity contribution in [3.05, 3.63) is 0 Å². The monoisotopic (exact) mass is 1530 g/mol. The van der Waals surface area contributed by atoms with Gasteiger partial charge in [0, 0.05) is 156 Å². The Kier molecular flexibility index (Phi) is 32.8. The lowest BCUT2D eigenvalue weighted by Crippen LogP contribution is -2.61. The van der Waals surface area contributed by atoms with Gasteiger partial charge in [-0.15, -0.1) is 0 Å². The van der Waals surface area contributed by atoms with Crippen LogP contribution in [0.15, 0.2) is 0 Å². The van der Waals surface area contributed by atoms with Crippen molar-refractivity contribution < 1.29 is 76.3 Å². The maximum Gasteiger partial charge on any atom is 0.311 e. The molecule has 0 aromatic heterocycles. The molecule has 22 heteroatoms. The van der Waals surface area contributed by atoms with Crippen LogP contribution in [0.3, 0.4) is 0 Å². The van der Waals surface area contributed by atoms with Crippen LogP contribution in [-0.4, -0.2) is 199 Å². The number of esters is 7. The second-order valence-corrected chi connectivity index (χ2v) is 41.8. The summed E-state index contributed by atoms with van der Waals surface area (Å²) >= 11 is 0. The van der Waals surface area contributed by atoms with Crippen molar-refractivity contribution >= 4 is 53.4 Å². The Morgan fingerprint density at radius 2 is 0.556 bits per heavy atom. The fourth-order valence-electron chi connectivity index (χ4n) is 19.6. The van der Waals surface area contributed by atoms with E-state index in [2.05, 4.69) is 232 Å². The van der Waals surface area contributed by atoms with Crippen molar-refractivity contribution in [2.75, 3.05) is 28.3 Å². The Morgan fingerprint density at radius 1 is 0.361 bits per heavy atom. The first-order valence-electron chi connectivity index (χ1n) is 40.0. The van der Waals surface area contributed by atoms with Crippen LogP contribution in [0.4, 0.5) is 0 Å². The van der Waals surface area contributed by atoms with Gasteiger partial charge in [0.25, 0.3) is 0 Å². The minimum Gasteiger partial charge on any atom is -0.469 e. The summed E-state index contributed by atoms with van der Waals surface area (Å²) in [4.78, 5) is 127. The predicted octanol–water partition coefficient (Wildman–Crippen LogP) is 14.6. The van der Waals surface area contributed by atoms with E-state index in [0.29, 0.717) is 83.0 Å². The van der Waals surface area contributed by atoms with Gasteiger partial charge in [-0.05, 0) is 227 Å². The fraction of sp³-hybridized carbons (Fsp3) is 0.895. The lowest BCUT2D eigenvalue weighted by Gasteiger charge is -2.53.